The maximum Gasteiger partial charge on any atom is 0.223 e. The van der Waals surface area contributed by atoms with Gasteiger partial charge in [0.15, 0.2) is 0 Å². The molecule has 1 saturated carbocycles. The Morgan fingerprint density at radius 2 is 2.21 bits per heavy atom. The molecule has 2 aliphatic rings. The summed E-state index contributed by atoms with van der Waals surface area (Å²) in [4.78, 5) is 12.0. The first kappa shape index (κ1) is 14.8. The van der Waals surface area contributed by atoms with Crippen molar-refractivity contribution in [3.05, 3.63) is 0 Å². The number of amides is 1. The molecule has 0 aromatic carbocycles. The van der Waals surface area contributed by atoms with Crippen molar-refractivity contribution in [3.63, 3.8) is 0 Å². The number of carbonyl (C=O) groups is 1. The lowest BCUT2D eigenvalue weighted by Gasteiger charge is -2.43. The van der Waals surface area contributed by atoms with Crippen LogP contribution in [0.5, 0.6) is 0 Å². The molecule has 2 N–H and O–H groups in total. The van der Waals surface area contributed by atoms with Crippen molar-refractivity contribution in [3.8, 4) is 0 Å². The van der Waals surface area contributed by atoms with E-state index in [1.165, 1.54) is 0 Å². The average Bonchev–Trinajstić information content (AvgIpc) is 2.43. The van der Waals surface area contributed by atoms with E-state index in [0.717, 1.165) is 58.2 Å². The van der Waals surface area contributed by atoms with Crippen LogP contribution in [0.25, 0.3) is 0 Å². The first-order chi connectivity index (χ1) is 9.15. The highest BCUT2D eigenvalue weighted by molar-refractivity contribution is 5.78. The highest BCUT2D eigenvalue weighted by Crippen LogP contribution is 2.32. The van der Waals surface area contributed by atoms with Crippen molar-refractivity contribution < 1.29 is 9.53 Å². The fourth-order valence-electron chi connectivity index (χ4n) is 3.22. The Labute approximate surface area is 116 Å². The van der Waals surface area contributed by atoms with Gasteiger partial charge in [-0.3, -0.25) is 4.79 Å². The van der Waals surface area contributed by atoms with Crippen molar-refractivity contribution >= 4 is 5.91 Å². The number of hydrogen-bond donors (Lipinski definition) is 2. The Balaban J connectivity index is 1.75. The van der Waals surface area contributed by atoms with Gasteiger partial charge in [0.25, 0.3) is 0 Å². The highest BCUT2D eigenvalue weighted by atomic mass is 16.5. The van der Waals surface area contributed by atoms with Gasteiger partial charge in [0.1, 0.15) is 0 Å². The average molecular weight is 268 g/mol. The van der Waals surface area contributed by atoms with Crippen LogP contribution in [0.2, 0.25) is 0 Å². The Bertz CT molecular complexity index is 291. The summed E-state index contributed by atoms with van der Waals surface area (Å²) in [7, 11) is 0. The molecule has 2 fully saturated rings. The van der Waals surface area contributed by atoms with E-state index in [1.807, 2.05) is 6.92 Å². The summed E-state index contributed by atoms with van der Waals surface area (Å²) in [5.74, 6) is 0.374. The van der Waals surface area contributed by atoms with E-state index >= 15 is 0 Å². The third kappa shape index (κ3) is 3.93. The molecule has 19 heavy (non-hydrogen) atoms. The molecule has 1 aliphatic heterocycles. The molecule has 110 valence electrons. The summed E-state index contributed by atoms with van der Waals surface area (Å²) in [5, 5.41) is 6.63. The number of ether oxygens (including phenoxy) is 1. The van der Waals surface area contributed by atoms with E-state index < -0.39 is 0 Å². The molecule has 0 aromatic rings. The quantitative estimate of drug-likeness (QED) is 0.818. The fraction of sp³-hybridized carbons (Fsp3) is 0.933. The molecule has 1 aliphatic carbocycles. The molecular formula is C15H28N2O2. The smallest absolute Gasteiger partial charge is 0.223 e. The maximum absolute atomic E-state index is 12.0. The maximum atomic E-state index is 12.0. The first-order valence-corrected chi connectivity index (χ1v) is 7.80. The Kier molecular flexibility index (Phi) is 5.22. The van der Waals surface area contributed by atoms with Crippen molar-refractivity contribution in [1.82, 2.24) is 10.6 Å². The number of rotatable bonds is 4. The van der Waals surface area contributed by atoms with Gasteiger partial charge in [-0.25, -0.2) is 0 Å². The zero-order valence-corrected chi connectivity index (χ0v) is 12.3. The number of morpholine rings is 1. The highest BCUT2D eigenvalue weighted by Gasteiger charge is 2.38. The molecule has 2 rings (SSSR count). The lowest BCUT2D eigenvalue weighted by molar-refractivity contribution is -0.127. The number of carbonyl (C=O) groups excluding carboxylic acids is 1. The van der Waals surface area contributed by atoms with E-state index in [1.54, 1.807) is 0 Å². The number of hydrogen-bond acceptors (Lipinski definition) is 3. The van der Waals surface area contributed by atoms with Gasteiger partial charge in [0.05, 0.1) is 12.2 Å². The summed E-state index contributed by atoms with van der Waals surface area (Å²) < 4.78 is 5.97. The van der Waals surface area contributed by atoms with Crippen LogP contribution < -0.4 is 10.6 Å². The monoisotopic (exact) mass is 268 g/mol. The van der Waals surface area contributed by atoms with Gasteiger partial charge < -0.3 is 15.4 Å². The summed E-state index contributed by atoms with van der Waals surface area (Å²) in [5.41, 5.74) is 0.0501. The first-order valence-electron chi connectivity index (χ1n) is 7.80. The summed E-state index contributed by atoms with van der Waals surface area (Å²) >= 11 is 0. The molecule has 1 atom stereocenters. The predicted octanol–water partition coefficient (Wildman–Crippen LogP) is 1.84. The van der Waals surface area contributed by atoms with Crippen LogP contribution in [0.1, 0.15) is 52.4 Å². The van der Waals surface area contributed by atoms with Crippen molar-refractivity contribution in [2.24, 2.45) is 5.92 Å². The van der Waals surface area contributed by atoms with Crippen LogP contribution in [0.4, 0.5) is 0 Å². The molecule has 1 saturated heterocycles. The third-order valence-electron chi connectivity index (χ3n) is 4.55. The molecule has 0 bridgehead atoms. The third-order valence-corrected chi connectivity index (χ3v) is 4.55. The van der Waals surface area contributed by atoms with Crippen LogP contribution in [-0.2, 0) is 9.53 Å². The van der Waals surface area contributed by atoms with Crippen LogP contribution in [0.15, 0.2) is 0 Å². The van der Waals surface area contributed by atoms with Gasteiger partial charge in [-0.05, 0) is 32.1 Å². The van der Waals surface area contributed by atoms with E-state index in [2.05, 4.69) is 17.6 Å². The molecule has 0 aromatic heterocycles. The minimum Gasteiger partial charge on any atom is -0.372 e. The van der Waals surface area contributed by atoms with Crippen LogP contribution >= 0.6 is 0 Å². The van der Waals surface area contributed by atoms with Crippen molar-refractivity contribution in [1.29, 1.82) is 0 Å². The summed E-state index contributed by atoms with van der Waals surface area (Å²) in [6, 6.07) is 0.350. The van der Waals surface area contributed by atoms with E-state index in [0.29, 0.717) is 6.04 Å². The molecule has 1 amide bonds. The van der Waals surface area contributed by atoms with Crippen LogP contribution in [0.3, 0.4) is 0 Å². The molecule has 1 spiro atoms. The normalized spacial score (nSPS) is 33.1. The van der Waals surface area contributed by atoms with Gasteiger partial charge in [-0.2, -0.15) is 0 Å². The fourth-order valence-corrected chi connectivity index (χ4v) is 3.22. The Morgan fingerprint density at radius 3 is 2.79 bits per heavy atom. The largest absolute Gasteiger partial charge is 0.372 e. The van der Waals surface area contributed by atoms with Crippen molar-refractivity contribution in [2.75, 3.05) is 19.7 Å². The minimum absolute atomic E-state index is 0.0501. The molecule has 4 nitrogen and oxygen atoms in total. The van der Waals surface area contributed by atoms with Gasteiger partial charge in [0, 0.05) is 25.0 Å². The van der Waals surface area contributed by atoms with E-state index in [4.69, 9.17) is 4.74 Å². The minimum atomic E-state index is 0.0501. The Hall–Kier alpha value is -0.610. The van der Waals surface area contributed by atoms with Crippen LogP contribution in [-0.4, -0.2) is 37.2 Å². The van der Waals surface area contributed by atoms with E-state index in [-0.39, 0.29) is 17.4 Å². The summed E-state index contributed by atoms with van der Waals surface area (Å²) in [6.45, 7) is 6.92. The standard InChI is InChI=1S/C15H28N2O2/c1-3-4-12(2)14(18)17-13-5-7-15(8-6-13)11-16-9-10-19-15/h12-13,16H,3-11H2,1-2H3,(H,17,18). The Morgan fingerprint density at radius 1 is 1.47 bits per heavy atom. The van der Waals surface area contributed by atoms with Gasteiger partial charge >= 0.3 is 0 Å². The van der Waals surface area contributed by atoms with Crippen molar-refractivity contribution in [2.45, 2.75) is 64.0 Å². The zero-order chi connectivity index (χ0) is 13.7. The SMILES string of the molecule is CCCC(C)C(=O)NC1CCC2(CC1)CNCCO2. The predicted molar refractivity (Wildman–Crippen MR) is 76.0 cm³/mol. The second-order valence-electron chi connectivity index (χ2n) is 6.18. The van der Waals surface area contributed by atoms with E-state index in [9.17, 15) is 4.79 Å². The molecular weight excluding hydrogens is 240 g/mol. The van der Waals surface area contributed by atoms with Gasteiger partial charge in [-0.15, -0.1) is 0 Å². The second kappa shape index (κ2) is 6.71. The number of nitrogens with one attached hydrogen (secondary N) is 2. The van der Waals surface area contributed by atoms with Gasteiger partial charge in [-0.1, -0.05) is 20.3 Å². The van der Waals surface area contributed by atoms with Crippen LogP contribution in [0, 0.1) is 5.92 Å². The molecule has 1 unspecified atom stereocenters. The molecule has 1 heterocycles. The molecule has 4 heteroatoms. The van der Waals surface area contributed by atoms with Gasteiger partial charge in [0.2, 0.25) is 5.91 Å². The summed E-state index contributed by atoms with van der Waals surface area (Å²) in [6.07, 6.45) is 6.27. The second-order valence-corrected chi connectivity index (χ2v) is 6.18. The molecule has 0 radical (unpaired) electrons. The topological polar surface area (TPSA) is 50.4 Å². The lowest BCUT2D eigenvalue weighted by atomic mass is 9.81. The zero-order valence-electron chi connectivity index (χ0n) is 12.3. The lowest BCUT2D eigenvalue weighted by Crippen LogP contribution is -2.54.